The van der Waals surface area contributed by atoms with Crippen molar-refractivity contribution < 1.29 is 18.7 Å². The maximum Gasteiger partial charge on any atom is 0.255 e. The SMILES string of the molecule is COc1cc(C(=O)Nc2ccc(Br)cc2F)cc(I)c1OC. The van der Waals surface area contributed by atoms with Gasteiger partial charge in [-0.25, -0.2) is 4.39 Å². The highest BCUT2D eigenvalue weighted by atomic mass is 127. The van der Waals surface area contributed by atoms with Crippen LogP contribution in [0.5, 0.6) is 11.5 Å². The molecule has 0 aliphatic rings. The lowest BCUT2D eigenvalue weighted by atomic mass is 10.2. The topological polar surface area (TPSA) is 47.6 Å². The van der Waals surface area contributed by atoms with Gasteiger partial charge < -0.3 is 14.8 Å². The minimum Gasteiger partial charge on any atom is -0.493 e. The number of anilines is 1. The number of benzene rings is 2. The lowest BCUT2D eigenvalue weighted by Gasteiger charge is -2.12. The minimum atomic E-state index is -0.516. The van der Waals surface area contributed by atoms with E-state index in [1.807, 2.05) is 22.6 Å². The van der Waals surface area contributed by atoms with Gasteiger partial charge in [0.1, 0.15) is 5.82 Å². The summed E-state index contributed by atoms with van der Waals surface area (Å²) in [6, 6.07) is 7.62. The van der Waals surface area contributed by atoms with Crippen molar-refractivity contribution in [2.45, 2.75) is 0 Å². The number of rotatable bonds is 4. The second-order valence-corrected chi connectivity index (χ2v) is 6.35. The molecule has 0 atom stereocenters. The number of methoxy groups -OCH3 is 2. The van der Waals surface area contributed by atoms with Gasteiger partial charge in [0.15, 0.2) is 11.5 Å². The van der Waals surface area contributed by atoms with E-state index in [4.69, 9.17) is 9.47 Å². The largest absolute Gasteiger partial charge is 0.493 e. The Hall–Kier alpha value is -1.35. The summed E-state index contributed by atoms with van der Waals surface area (Å²) in [5, 5.41) is 2.54. The fraction of sp³-hybridized carbons (Fsp3) is 0.133. The number of hydrogen-bond donors (Lipinski definition) is 1. The van der Waals surface area contributed by atoms with Gasteiger partial charge in [-0.1, -0.05) is 15.9 Å². The number of ether oxygens (including phenoxy) is 2. The lowest BCUT2D eigenvalue weighted by Crippen LogP contribution is -2.13. The molecule has 0 aliphatic heterocycles. The van der Waals surface area contributed by atoms with Crippen LogP contribution in [0.2, 0.25) is 0 Å². The van der Waals surface area contributed by atoms with Crippen LogP contribution in [0.25, 0.3) is 0 Å². The third-order valence-electron chi connectivity index (χ3n) is 2.88. The number of halogens is 3. The molecule has 0 spiro atoms. The van der Waals surface area contributed by atoms with Gasteiger partial charge in [-0.05, 0) is 52.9 Å². The second kappa shape index (κ2) is 7.28. The predicted octanol–water partition coefficient (Wildman–Crippen LogP) is 4.46. The zero-order valence-electron chi connectivity index (χ0n) is 11.7. The van der Waals surface area contributed by atoms with E-state index >= 15 is 0 Å². The van der Waals surface area contributed by atoms with E-state index in [9.17, 15) is 9.18 Å². The number of hydrogen-bond acceptors (Lipinski definition) is 3. The van der Waals surface area contributed by atoms with Crippen LogP contribution in [-0.2, 0) is 0 Å². The number of nitrogens with one attached hydrogen (secondary N) is 1. The van der Waals surface area contributed by atoms with E-state index in [2.05, 4.69) is 21.2 Å². The summed E-state index contributed by atoms with van der Waals surface area (Å²) in [5.41, 5.74) is 0.461. The van der Waals surface area contributed by atoms with Crippen LogP contribution in [0.4, 0.5) is 10.1 Å². The Labute approximate surface area is 149 Å². The molecule has 2 aromatic carbocycles. The Balaban J connectivity index is 2.31. The molecule has 0 bridgehead atoms. The van der Waals surface area contributed by atoms with E-state index in [1.54, 1.807) is 18.2 Å². The third kappa shape index (κ3) is 3.70. The first-order valence-electron chi connectivity index (χ1n) is 6.14. The Morgan fingerprint density at radius 3 is 2.55 bits per heavy atom. The summed E-state index contributed by atoms with van der Waals surface area (Å²) in [7, 11) is 3.01. The van der Waals surface area contributed by atoms with Gasteiger partial charge in [-0.15, -0.1) is 0 Å². The van der Waals surface area contributed by atoms with Crippen molar-refractivity contribution in [3.8, 4) is 11.5 Å². The molecule has 1 amide bonds. The normalized spacial score (nSPS) is 10.2. The molecule has 7 heteroatoms. The van der Waals surface area contributed by atoms with Crippen LogP contribution >= 0.6 is 38.5 Å². The van der Waals surface area contributed by atoms with Gasteiger partial charge >= 0.3 is 0 Å². The first-order valence-corrected chi connectivity index (χ1v) is 8.01. The van der Waals surface area contributed by atoms with Gasteiger partial charge in [-0.3, -0.25) is 4.79 Å². The summed E-state index contributed by atoms with van der Waals surface area (Å²) in [6.07, 6.45) is 0. The van der Waals surface area contributed by atoms with Crippen LogP contribution in [0.1, 0.15) is 10.4 Å². The summed E-state index contributed by atoms with van der Waals surface area (Å²) in [4.78, 5) is 12.3. The zero-order chi connectivity index (χ0) is 16.3. The van der Waals surface area contributed by atoms with Crippen molar-refractivity contribution in [3.05, 3.63) is 49.8 Å². The standard InChI is InChI=1S/C15H12BrFINO3/c1-21-13-6-8(5-11(18)14(13)22-2)15(20)19-12-4-3-9(16)7-10(12)17/h3-7H,1-2H3,(H,19,20). The molecular formula is C15H12BrFINO3. The number of carbonyl (C=O) groups excluding carboxylic acids is 1. The Morgan fingerprint density at radius 2 is 1.95 bits per heavy atom. The van der Waals surface area contributed by atoms with Crippen LogP contribution in [0.3, 0.4) is 0 Å². The summed E-state index contributed by atoms with van der Waals surface area (Å²) in [6.45, 7) is 0. The van der Waals surface area contributed by atoms with Crippen LogP contribution < -0.4 is 14.8 Å². The molecule has 1 N–H and O–H groups in total. The van der Waals surface area contributed by atoms with Crippen molar-refractivity contribution in [2.75, 3.05) is 19.5 Å². The maximum absolute atomic E-state index is 13.8. The van der Waals surface area contributed by atoms with Crippen LogP contribution in [-0.4, -0.2) is 20.1 Å². The first-order chi connectivity index (χ1) is 10.5. The van der Waals surface area contributed by atoms with Crippen molar-refractivity contribution >= 4 is 50.1 Å². The monoisotopic (exact) mass is 479 g/mol. The smallest absolute Gasteiger partial charge is 0.255 e. The minimum absolute atomic E-state index is 0.109. The molecular weight excluding hydrogens is 468 g/mol. The fourth-order valence-electron chi connectivity index (χ4n) is 1.83. The average molecular weight is 480 g/mol. The Kier molecular flexibility index (Phi) is 5.63. The molecule has 22 heavy (non-hydrogen) atoms. The van der Waals surface area contributed by atoms with Gasteiger partial charge in [0.2, 0.25) is 0 Å². The first kappa shape index (κ1) is 17.0. The zero-order valence-corrected chi connectivity index (χ0v) is 15.5. The molecule has 2 rings (SSSR count). The summed E-state index contributed by atoms with van der Waals surface area (Å²) >= 11 is 5.21. The molecule has 0 radical (unpaired) electrons. The quantitative estimate of drug-likeness (QED) is 0.658. The van der Waals surface area contributed by atoms with E-state index in [-0.39, 0.29) is 5.69 Å². The third-order valence-corrected chi connectivity index (χ3v) is 4.17. The highest BCUT2D eigenvalue weighted by Gasteiger charge is 2.16. The Bertz CT molecular complexity index is 724. The molecule has 116 valence electrons. The van der Waals surface area contributed by atoms with Crippen LogP contribution in [0, 0.1) is 9.39 Å². The number of carbonyl (C=O) groups is 1. The molecule has 4 nitrogen and oxygen atoms in total. The molecule has 0 saturated carbocycles. The molecule has 0 heterocycles. The molecule has 0 saturated heterocycles. The van der Waals surface area contributed by atoms with Gasteiger partial charge in [0.05, 0.1) is 23.5 Å². The molecule has 2 aromatic rings. The van der Waals surface area contributed by atoms with Crippen molar-refractivity contribution in [2.24, 2.45) is 0 Å². The van der Waals surface area contributed by atoms with Gasteiger partial charge in [-0.2, -0.15) is 0 Å². The summed E-state index contributed by atoms with van der Waals surface area (Å²) < 4.78 is 25.5. The number of amides is 1. The van der Waals surface area contributed by atoms with E-state index < -0.39 is 11.7 Å². The van der Waals surface area contributed by atoms with E-state index in [0.29, 0.717) is 21.5 Å². The maximum atomic E-state index is 13.8. The van der Waals surface area contributed by atoms with Crippen molar-refractivity contribution in [1.82, 2.24) is 0 Å². The average Bonchev–Trinajstić information content (AvgIpc) is 2.49. The highest BCUT2D eigenvalue weighted by Crippen LogP contribution is 2.33. The van der Waals surface area contributed by atoms with Gasteiger partial charge in [0.25, 0.3) is 5.91 Å². The second-order valence-electron chi connectivity index (χ2n) is 4.27. The van der Waals surface area contributed by atoms with Gasteiger partial charge in [0, 0.05) is 10.0 Å². The van der Waals surface area contributed by atoms with Crippen molar-refractivity contribution in [3.63, 3.8) is 0 Å². The molecule has 0 aliphatic carbocycles. The molecule has 0 aromatic heterocycles. The van der Waals surface area contributed by atoms with Crippen molar-refractivity contribution in [1.29, 1.82) is 0 Å². The lowest BCUT2D eigenvalue weighted by molar-refractivity contribution is 0.102. The van der Waals surface area contributed by atoms with E-state index in [0.717, 1.165) is 3.57 Å². The summed E-state index contributed by atoms with van der Waals surface area (Å²) in [5.74, 6) is 0.0447. The molecule has 0 unspecified atom stereocenters. The molecule has 0 fully saturated rings. The van der Waals surface area contributed by atoms with E-state index in [1.165, 1.54) is 26.4 Å². The fourth-order valence-corrected chi connectivity index (χ4v) is 2.99. The Morgan fingerprint density at radius 1 is 1.23 bits per heavy atom. The highest BCUT2D eigenvalue weighted by molar-refractivity contribution is 14.1. The predicted molar refractivity (Wildman–Crippen MR) is 94.3 cm³/mol. The van der Waals surface area contributed by atoms with Crippen LogP contribution in [0.15, 0.2) is 34.8 Å².